The predicted octanol–water partition coefficient (Wildman–Crippen LogP) is -0.679. The van der Waals surface area contributed by atoms with E-state index in [1.807, 2.05) is 0 Å². The number of amides is 1. The molecule has 2 N–H and O–H groups in total. The van der Waals surface area contributed by atoms with E-state index in [1.165, 1.54) is 16.2 Å². The number of nitrogens with zero attached hydrogens (tertiary/aromatic N) is 2. The molecule has 0 radical (unpaired) electrons. The topological polar surface area (TPSA) is 73.7 Å². The van der Waals surface area contributed by atoms with Gasteiger partial charge in [-0.25, -0.2) is 4.98 Å². The van der Waals surface area contributed by atoms with E-state index in [9.17, 15) is 15.0 Å². The molecule has 14 heavy (non-hydrogen) atoms. The van der Waals surface area contributed by atoms with Crippen molar-refractivity contribution < 1.29 is 15.0 Å². The van der Waals surface area contributed by atoms with Gasteiger partial charge in [0.2, 0.25) is 0 Å². The second-order valence-corrected chi connectivity index (χ2v) is 3.94. The first-order valence-electron chi connectivity index (χ1n) is 4.22. The summed E-state index contributed by atoms with van der Waals surface area (Å²) in [4.78, 5) is 16.9. The minimum absolute atomic E-state index is 0.178. The second kappa shape index (κ2) is 3.64. The summed E-state index contributed by atoms with van der Waals surface area (Å²) >= 11 is 1.34. The van der Waals surface area contributed by atoms with Gasteiger partial charge < -0.3 is 15.1 Å². The number of hydrogen-bond acceptors (Lipinski definition) is 5. The van der Waals surface area contributed by atoms with Crippen molar-refractivity contribution in [3.05, 3.63) is 16.6 Å². The third kappa shape index (κ3) is 1.63. The quantitative estimate of drug-likeness (QED) is 0.649. The van der Waals surface area contributed by atoms with Gasteiger partial charge in [0.1, 0.15) is 5.69 Å². The van der Waals surface area contributed by atoms with Crippen LogP contribution in [0.25, 0.3) is 0 Å². The van der Waals surface area contributed by atoms with Crippen molar-refractivity contribution in [2.45, 2.75) is 12.2 Å². The zero-order chi connectivity index (χ0) is 10.1. The van der Waals surface area contributed by atoms with E-state index >= 15 is 0 Å². The van der Waals surface area contributed by atoms with E-state index in [2.05, 4.69) is 4.98 Å². The van der Waals surface area contributed by atoms with Crippen molar-refractivity contribution in [2.75, 3.05) is 13.1 Å². The van der Waals surface area contributed by atoms with E-state index in [1.54, 1.807) is 10.9 Å². The van der Waals surface area contributed by atoms with Gasteiger partial charge in [0, 0.05) is 18.5 Å². The van der Waals surface area contributed by atoms with Crippen LogP contribution in [0.4, 0.5) is 0 Å². The molecular formula is C8H10N2O3S. The molecule has 76 valence electrons. The van der Waals surface area contributed by atoms with Crippen LogP contribution >= 0.6 is 11.3 Å². The third-order valence-electron chi connectivity index (χ3n) is 2.20. The van der Waals surface area contributed by atoms with Crippen molar-refractivity contribution in [3.8, 4) is 0 Å². The van der Waals surface area contributed by atoms with Crippen molar-refractivity contribution in [1.29, 1.82) is 0 Å². The van der Waals surface area contributed by atoms with E-state index in [0.717, 1.165) is 0 Å². The molecule has 0 aromatic carbocycles. The van der Waals surface area contributed by atoms with E-state index in [-0.39, 0.29) is 19.0 Å². The highest BCUT2D eigenvalue weighted by atomic mass is 32.1. The Morgan fingerprint density at radius 1 is 1.50 bits per heavy atom. The summed E-state index contributed by atoms with van der Waals surface area (Å²) in [5.41, 5.74) is 1.95. The Morgan fingerprint density at radius 2 is 2.14 bits per heavy atom. The maximum absolute atomic E-state index is 11.6. The molecule has 1 amide bonds. The highest BCUT2D eigenvalue weighted by Crippen LogP contribution is 2.14. The third-order valence-corrected chi connectivity index (χ3v) is 2.78. The van der Waals surface area contributed by atoms with Gasteiger partial charge in [-0.05, 0) is 0 Å². The molecule has 2 rings (SSSR count). The normalized spacial score (nSPS) is 26.9. The number of β-amino-alcohol motifs (C(OH)–C–C–N with tert-alkyl or cyclic N) is 2. The van der Waals surface area contributed by atoms with Gasteiger partial charge in [-0.2, -0.15) is 0 Å². The van der Waals surface area contributed by atoms with E-state index in [4.69, 9.17) is 0 Å². The molecule has 1 aromatic heterocycles. The Bertz CT molecular complexity index is 317. The lowest BCUT2D eigenvalue weighted by Crippen LogP contribution is -2.29. The highest BCUT2D eigenvalue weighted by molar-refractivity contribution is 7.07. The molecule has 2 atom stereocenters. The summed E-state index contributed by atoms with van der Waals surface area (Å²) in [5.74, 6) is -0.234. The number of thiazole rings is 1. The number of hydrogen-bond donors (Lipinski definition) is 2. The van der Waals surface area contributed by atoms with Crippen molar-refractivity contribution in [2.24, 2.45) is 0 Å². The molecule has 2 heterocycles. The van der Waals surface area contributed by atoms with E-state index < -0.39 is 12.2 Å². The van der Waals surface area contributed by atoms with Crippen LogP contribution in [-0.4, -0.2) is 51.3 Å². The maximum Gasteiger partial charge on any atom is 0.273 e. The highest BCUT2D eigenvalue weighted by Gasteiger charge is 2.33. The summed E-state index contributed by atoms with van der Waals surface area (Å²) in [6.07, 6.45) is -1.67. The van der Waals surface area contributed by atoms with Crippen LogP contribution in [0, 0.1) is 0 Å². The lowest BCUT2D eigenvalue weighted by atomic mass is 10.3. The molecule has 5 nitrogen and oxygen atoms in total. The molecule has 1 aliphatic heterocycles. The van der Waals surface area contributed by atoms with Gasteiger partial charge >= 0.3 is 0 Å². The number of aliphatic hydroxyl groups is 2. The lowest BCUT2D eigenvalue weighted by molar-refractivity contribution is 0.0572. The first-order valence-corrected chi connectivity index (χ1v) is 5.16. The molecule has 6 heteroatoms. The fraction of sp³-hybridized carbons (Fsp3) is 0.500. The molecule has 0 spiro atoms. The second-order valence-electron chi connectivity index (χ2n) is 3.22. The summed E-state index contributed by atoms with van der Waals surface area (Å²) < 4.78 is 0. The minimum atomic E-state index is -0.836. The van der Waals surface area contributed by atoms with Gasteiger partial charge in [0.15, 0.2) is 0 Å². The van der Waals surface area contributed by atoms with Gasteiger partial charge in [-0.1, -0.05) is 0 Å². The van der Waals surface area contributed by atoms with Crippen molar-refractivity contribution in [1.82, 2.24) is 9.88 Å². The number of aliphatic hydroxyl groups excluding tert-OH is 2. The van der Waals surface area contributed by atoms with E-state index in [0.29, 0.717) is 5.69 Å². The molecule has 1 saturated heterocycles. The standard InChI is InChI=1S/C8H10N2O3S/c11-6-1-10(2-7(6)12)8(13)5-3-14-4-9-5/h3-4,6-7,11-12H,1-2H2. The Balaban J connectivity index is 2.07. The molecule has 1 aliphatic rings. The first-order chi connectivity index (χ1) is 6.68. The molecule has 1 fully saturated rings. The zero-order valence-electron chi connectivity index (χ0n) is 7.33. The zero-order valence-corrected chi connectivity index (χ0v) is 8.15. The van der Waals surface area contributed by atoms with Crippen LogP contribution in [0.5, 0.6) is 0 Å². The van der Waals surface area contributed by atoms with Gasteiger partial charge in [-0.15, -0.1) is 11.3 Å². The average Bonchev–Trinajstić information content (AvgIpc) is 2.76. The van der Waals surface area contributed by atoms with Crippen LogP contribution in [0.1, 0.15) is 10.5 Å². The van der Waals surface area contributed by atoms with Crippen LogP contribution in [-0.2, 0) is 0 Å². The summed E-state index contributed by atoms with van der Waals surface area (Å²) in [5, 5.41) is 20.2. The Kier molecular flexibility index (Phi) is 2.49. The number of likely N-dealkylation sites (tertiary alicyclic amines) is 1. The summed E-state index contributed by atoms with van der Waals surface area (Å²) in [6.45, 7) is 0.356. The number of carbonyl (C=O) groups is 1. The molecule has 0 saturated carbocycles. The molecular weight excluding hydrogens is 204 g/mol. The lowest BCUT2D eigenvalue weighted by Gasteiger charge is -2.12. The fourth-order valence-electron chi connectivity index (χ4n) is 1.42. The number of carbonyl (C=O) groups excluding carboxylic acids is 1. The Hall–Kier alpha value is -0.980. The maximum atomic E-state index is 11.6. The van der Waals surface area contributed by atoms with Crippen molar-refractivity contribution >= 4 is 17.2 Å². The van der Waals surface area contributed by atoms with Crippen molar-refractivity contribution in [3.63, 3.8) is 0 Å². The van der Waals surface area contributed by atoms with Crippen LogP contribution in [0.2, 0.25) is 0 Å². The minimum Gasteiger partial charge on any atom is -0.388 e. The monoisotopic (exact) mass is 214 g/mol. The average molecular weight is 214 g/mol. The summed E-state index contributed by atoms with van der Waals surface area (Å²) in [6, 6.07) is 0. The first kappa shape index (κ1) is 9.57. The summed E-state index contributed by atoms with van der Waals surface area (Å²) in [7, 11) is 0. The van der Waals surface area contributed by atoms with Gasteiger partial charge in [0.05, 0.1) is 17.7 Å². The van der Waals surface area contributed by atoms with Crippen LogP contribution < -0.4 is 0 Å². The number of rotatable bonds is 1. The Morgan fingerprint density at radius 3 is 2.64 bits per heavy atom. The SMILES string of the molecule is O=C(c1cscn1)N1CC(O)C(O)C1. The molecule has 0 bridgehead atoms. The van der Waals surface area contributed by atoms with Gasteiger partial charge in [-0.3, -0.25) is 4.79 Å². The predicted molar refractivity (Wildman–Crippen MR) is 50.0 cm³/mol. The fourth-order valence-corrected chi connectivity index (χ4v) is 1.94. The smallest absolute Gasteiger partial charge is 0.273 e. The molecule has 0 aliphatic carbocycles. The van der Waals surface area contributed by atoms with Crippen LogP contribution in [0.15, 0.2) is 10.9 Å². The molecule has 1 aromatic rings. The molecule has 2 unspecified atom stereocenters. The Labute approximate surface area is 84.6 Å². The van der Waals surface area contributed by atoms with Crippen LogP contribution in [0.3, 0.4) is 0 Å². The largest absolute Gasteiger partial charge is 0.388 e. The van der Waals surface area contributed by atoms with Gasteiger partial charge in [0.25, 0.3) is 5.91 Å². The number of aromatic nitrogens is 1.